The summed E-state index contributed by atoms with van der Waals surface area (Å²) < 4.78 is 11.3. The molecule has 2 aliphatic heterocycles. The molecule has 0 bridgehead atoms. The van der Waals surface area contributed by atoms with Crippen molar-refractivity contribution >= 4 is 46.7 Å². The standard InChI is InChI=1S/2C15H21NO2S/c2*1-2-16(13-8-4-3-5-9-13)14(17)12-19-15-10-6-7-11-18-15/h2*3-5,8-9,15H,2,6-7,10-12H2,1H3. The molecule has 6 nitrogen and oxygen atoms in total. The molecular formula is C30H42N2O4S2. The quantitative estimate of drug-likeness (QED) is 0.328. The SMILES string of the molecule is CCN(C(=O)CSC1CCCCO1)c1ccccc1.CCN(C(=O)CSC1CCCCO1)c1ccccc1. The van der Waals surface area contributed by atoms with Crippen molar-refractivity contribution in [3.63, 3.8) is 0 Å². The topological polar surface area (TPSA) is 59.1 Å². The van der Waals surface area contributed by atoms with Gasteiger partial charge in [-0.3, -0.25) is 9.59 Å². The summed E-state index contributed by atoms with van der Waals surface area (Å²) in [7, 11) is 0. The third-order valence-electron chi connectivity index (χ3n) is 6.43. The molecule has 4 rings (SSSR count). The maximum absolute atomic E-state index is 12.3. The van der Waals surface area contributed by atoms with Gasteiger partial charge in [0.05, 0.1) is 11.5 Å². The molecule has 2 aliphatic rings. The van der Waals surface area contributed by atoms with Crippen LogP contribution in [0.4, 0.5) is 11.4 Å². The first-order valence-corrected chi connectivity index (χ1v) is 15.9. The van der Waals surface area contributed by atoms with Gasteiger partial charge in [0.2, 0.25) is 11.8 Å². The first-order chi connectivity index (χ1) is 18.6. The zero-order chi connectivity index (χ0) is 27.0. The summed E-state index contributed by atoms with van der Waals surface area (Å²) in [5.74, 6) is 1.31. The minimum atomic E-state index is 0.160. The Balaban J connectivity index is 0.000000211. The number of thioether (sulfide) groups is 2. The van der Waals surface area contributed by atoms with Crippen LogP contribution >= 0.6 is 23.5 Å². The molecule has 0 spiro atoms. The van der Waals surface area contributed by atoms with Gasteiger partial charge in [-0.1, -0.05) is 36.4 Å². The summed E-state index contributed by atoms with van der Waals surface area (Å²) in [5, 5.41) is 0. The average molecular weight is 559 g/mol. The van der Waals surface area contributed by atoms with Crippen molar-refractivity contribution in [1.29, 1.82) is 0 Å². The Hall–Kier alpha value is -2.00. The lowest BCUT2D eigenvalue weighted by molar-refractivity contribution is -0.117. The lowest BCUT2D eigenvalue weighted by Crippen LogP contribution is -2.33. The second-order valence-electron chi connectivity index (χ2n) is 9.16. The molecule has 2 unspecified atom stereocenters. The summed E-state index contributed by atoms with van der Waals surface area (Å²) in [6, 6.07) is 19.7. The Kier molecular flexibility index (Phi) is 14.1. The Bertz CT molecular complexity index is 858. The smallest absolute Gasteiger partial charge is 0.237 e. The summed E-state index contributed by atoms with van der Waals surface area (Å²) in [6.07, 6.45) is 6.85. The predicted molar refractivity (Wildman–Crippen MR) is 161 cm³/mol. The van der Waals surface area contributed by atoms with Crippen LogP contribution in [0.3, 0.4) is 0 Å². The maximum Gasteiger partial charge on any atom is 0.237 e. The zero-order valence-electron chi connectivity index (χ0n) is 22.8. The number of hydrogen-bond donors (Lipinski definition) is 0. The normalized spacial score (nSPS) is 19.1. The van der Waals surface area contributed by atoms with Crippen LogP contribution in [0.1, 0.15) is 52.4 Å². The second kappa shape index (κ2) is 17.6. The molecule has 0 saturated carbocycles. The highest BCUT2D eigenvalue weighted by Gasteiger charge is 2.20. The van der Waals surface area contributed by atoms with E-state index in [4.69, 9.17) is 9.47 Å². The van der Waals surface area contributed by atoms with Gasteiger partial charge in [0.25, 0.3) is 0 Å². The number of anilines is 2. The van der Waals surface area contributed by atoms with E-state index >= 15 is 0 Å². The van der Waals surface area contributed by atoms with Crippen LogP contribution in [-0.4, -0.2) is 60.5 Å². The van der Waals surface area contributed by atoms with E-state index in [0.717, 1.165) is 50.3 Å². The van der Waals surface area contributed by atoms with E-state index in [1.165, 1.54) is 12.8 Å². The van der Waals surface area contributed by atoms with Crippen LogP contribution in [0, 0.1) is 0 Å². The summed E-state index contributed by atoms with van der Waals surface area (Å²) in [4.78, 5) is 28.2. The van der Waals surface area contributed by atoms with Gasteiger partial charge in [-0.05, 0) is 76.6 Å². The minimum absolute atomic E-state index is 0.160. The van der Waals surface area contributed by atoms with Gasteiger partial charge < -0.3 is 19.3 Å². The van der Waals surface area contributed by atoms with Gasteiger partial charge in [-0.15, -0.1) is 23.5 Å². The van der Waals surface area contributed by atoms with Crippen molar-refractivity contribution in [2.75, 3.05) is 47.6 Å². The van der Waals surface area contributed by atoms with Crippen LogP contribution < -0.4 is 9.80 Å². The number of carbonyl (C=O) groups is 2. The van der Waals surface area contributed by atoms with Crippen molar-refractivity contribution in [2.24, 2.45) is 0 Å². The molecule has 2 amide bonds. The van der Waals surface area contributed by atoms with Gasteiger partial charge in [0.1, 0.15) is 10.9 Å². The van der Waals surface area contributed by atoms with E-state index in [2.05, 4.69) is 0 Å². The lowest BCUT2D eigenvalue weighted by Gasteiger charge is -2.24. The van der Waals surface area contributed by atoms with Crippen LogP contribution in [0.25, 0.3) is 0 Å². The molecule has 8 heteroatoms. The largest absolute Gasteiger partial charge is 0.368 e. The third-order valence-corrected chi connectivity index (χ3v) is 8.75. The Morgan fingerprint density at radius 3 is 1.39 bits per heavy atom. The molecule has 38 heavy (non-hydrogen) atoms. The molecule has 0 aliphatic carbocycles. The van der Waals surface area contributed by atoms with Crippen molar-refractivity contribution in [1.82, 2.24) is 0 Å². The number of amides is 2. The molecule has 2 heterocycles. The van der Waals surface area contributed by atoms with Crippen molar-refractivity contribution < 1.29 is 19.1 Å². The Morgan fingerprint density at radius 2 is 1.08 bits per heavy atom. The van der Waals surface area contributed by atoms with Gasteiger partial charge in [0.15, 0.2) is 0 Å². The van der Waals surface area contributed by atoms with E-state index in [1.54, 1.807) is 23.5 Å². The first kappa shape index (κ1) is 30.5. The summed E-state index contributed by atoms with van der Waals surface area (Å²) in [6.45, 7) is 7.09. The lowest BCUT2D eigenvalue weighted by atomic mass is 10.2. The van der Waals surface area contributed by atoms with E-state index in [-0.39, 0.29) is 22.7 Å². The average Bonchev–Trinajstić information content (AvgIpc) is 2.98. The van der Waals surface area contributed by atoms with Crippen molar-refractivity contribution in [2.45, 2.75) is 63.2 Å². The first-order valence-electron chi connectivity index (χ1n) is 13.8. The molecule has 2 atom stereocenters. The number of rotatable bonds is 10. The second-order valence-corrected chi connectivity index (χ2v) is 11.5. The minimum Gasteiger partial charge on any atom is -0.368 e. The molecular weight excluding hydrogens is 516 g/mol. The van der Waals surface area contributed by atoms with Crippen LogP contribution in [0.5, 0.6) is 0 Å². The number of carbonyl (C=O) groups excluding carboxylic acids is 2. The van der Waals surface area contributed by atoms with Crippen LogP contribution in [0.15, 0.2) is 60.7 Å². The van der Waals surface area contributed by atoms with Crippen LogP contribution in [-0.2, 0) is 19.1 Å². The Labute approximate surface area is 236 Å². The number of nitrogens with zero attached hydrogens (tertiary/aromatic N) is 2. The highest BCUT2D eigenvalue weighted by atomic mass is 32.2. The van der Waals surface area contributed by atoms with E-state index < -0.39 is 0 Å². The van der Waals surface area contributed by atoms with E-state index in [0.29, 0.717) is 24.6 Å². The zero-order valence-corrected chi connectivity index (χ0v) is 24.4. The molecule has 2 aromatic rings. The fourth-order valence-electron chi connectivity index (χ4n) is 4.39. The van der Waals surface area contributed by atoms with E-state index in [1.807, 2.05) is 84.3 Å². The number of hydrogen-bond acceptors (Lipinski definition) is 6. The monoisotopic (exact) mass is 558 g/mol. The fourth-order valence-corrected chi connectivity index (χ4v) is 6.41. The van der Waals surface area contributed by atoms with Gasteiger partial charge in [-0.25, -0.2) is 0 Å². The maximum atomic E-state index is 12.3. The molecule has 208 valence electrons. The third kappa shape index (κ3) is 10.3. The molecule has 2 aromatic carbocycles. The highest BCUT2D eigenvalue weighted by molar-refractivity contribution is 8.00. The Morgan fingerprint density at radius 1 is 0.684 bits per heavy atom. The van der Waals surface area contributed by atoms with Gasteiger partial charge in [0, 0.05) is 37.7 Å². The highest BCUT2D eigenvalue weighted by Crippen LogP contribution is 2.25. The van der Waals surface area contributed by atoms with E-state index in [9.17, 15) is 9.59 Å². The molecule has 2 saturated heterocycles. The number of para-hydroxylation sites is 2. The number of benzene rings is 2. The molecule has 0 N–H and O–H groups in total. The van der Waals surface area contributed by atoms with Gasteiger partial charge in [-0.2, -0.15) is 0 Å². The van der Waals surface area contributed by atoms with Crippen LogP contribution in [0.2, 0.25) is 0 Å². The van der Waals surface area contributed by atoms with Crippen molar-refractivity contribution in [3.05, 3.63) is 60.7 Å². The van der Waals surface area contributed by atoms with Gasteiger partial charge >= 0.3 is 0 Å². The molecule has 0 radical (unpaired) electrons. The fraction of sp³-hybridized carbons (Fsp3) is 0.533. The van der Waals surface area contributed by atoms with Crippen molar-refractivity contribution in [3.8, 4) is 0 Å². The summed E-state index contributed by atoms with van der Waals surface area (Å²) >= 11 is 3.26. The predicted octanol–water partition coefficient (Wildman–Crippen LogP) is 6.60. The molecule has 2 fully saturated rings. The summed E-state index contributed by atoms with van der Waals surface area (Å²) in [5.41, 5.74) is 2.35. The number of ether oxygens (including phenoxy) is 2. The molecule has 0 aromatic heterocycles.